The second-order valence-corrected chi connectivity index (χ2v) is 4.20. The van der Waals surface area contributed by atoms with Crippen molar-refractivity contribution in [1.82, 2.24) is 0 Å². The monoisotopic (exact) mass is 158 g/mol. The maximum Gasteiger partial charge on any atom is 0.117 e. The Labute approximate surface area is 68.9 Å². The molecule has 1 unspecified atom stereocenters. The topological polar surface area (TPSA) is 18.5 Å². The van der Waals surface area contributed by atoms with Crippen molar-refractivity contribution in [3.8, 4) is 0 Å². The van der Waals surface area contributed by atoms with E-state index in [9.17, 15) is 0 Å². The smallest absolute Gasteiger partial charge is 0.117 e. The van der Waals surface area contributed by atoms with E-state index in [1.807, 2.05) is 0 Å². The van der Waals surface area contributed by atoms with Crippen LogP contribution in [0.2, 0.25) is 0 Å². The van der Waals surface area contributed by atoms with Gasteiger partial charge < -0.3 is 9.47 Å². The number of rotatable bonds is 2. The summed E-state index contributed by atoms with van der Waals surface area (Å²) in [6, 6.07) is 0. The van der Waals surface area contributed by atoms with E-state index in [-0.39, 0.29) is 17.3 Å². The zero-order valence-electron chi connectivity index (χ0n) is 8.10. The number of hydrogen-bond donors (Lipinski definition) is 0. The van der Waals surface area contributed by atoms with Crippen molar-refractivity contribution in [3.63, 3.8) is 0 Å². The van der Waals surface area contributed by atoms with Gasteiger partial charge >= 0.3 is 0 Å². The van der Waals surface area contributed by atoms with Gasteiger partial charge in [-0.3, -0.25) is 0 Å². The van der Waals surface area contributed by atoms with Crippen LogP contribution >= 0.6 is 0 Å². The lowest BCUT2D eigenvalue weighted by molar-refractivity contribution is -0.308. The molecule has 1 aliphatic rings. The molecule has 11 heavy (non-hydrogen) atoms. The summed E-state index contributed by atoms with van der Waals surface area (Å²) < 4.78 is 11.2. The van der Waals surface area contributed by atoms with Crippen molar-refractivity contribution >= 4 is 0 Å². The predicted molar refractivity (Wildman–Crippen MR) is 44.7 cm³/mol. The van der Waals surface area contributed by atoms with E-state index in [2.05, 4.69) is 34.6 Å². The third-order valence-corrected chi connectivity index (χ3v) is 2.48. The minimum atomic E-state index is -0.114. The Morgan fingerprint density at radius 1 is 1.27 bits per heavy atom. The van der Waals surface area contributed by atoms with Gasteiger partial charge in [-0.25, -0.2) is 0 Å². The molecule has 66 valence electrons. The molecule has 1 atom stereocenters. The maximum atomic E-state index is 5.76. The maximum absolute atomic E-state index is 5.76. The van der Waals surface area contributed by atoms with E-state index in [1.165, 1.54) is 0 Å². The normalized spacial score (nSPS) is 35.5. The van der Waals surface area contributed by atoms with Crippen molar-refractivity contribution in [3.05, 3.63) is 0 Å². The van der Waals surface area contributed by atoms with Crippen molar-refractivity contribution in [2.45, 2.75) is 51.9 Å². The molecule has 0 radical (unpaired) electrons. The molecule has 1 heterocycles. The molecule has 1 fully saturated rings. The highest BCUT2D eigenvalue weighted by molar-refractivity contribution is 5.01. The number of hydrogen-bond acceptors (Lipinski definition) is 2. The Morgan fingerprint density at radius 2 is 1.82 bits per heavy atom. The predicted octanol–water partition coefficient (Wildman–Crippen LogP) is 1.98. The Hall–Kier alpha value is -0.0800. The Bertz CT molecular complexity index is 152. The standard InChI is InChI=1S/C9H18O2/c1-7(2)11-9(5)6-10-8(9,3)4/h7H,6H2,1-5H3. The molecular weight excluding hydrogens is 140 g/mol. The third-order valence-electron chi connectivity index (χ3n) is 2.48. The second kappa shape index (κ2) is 2.46. The van der Waals surface area contributed by atoms with Crippen molar-refractivity contribution in [2.24, 2.45) is 0 Å². The van der Waals surface area contributed by atoms with Crippen LogP contribution in [0.4, 0.5) is 0 Å². The molecule has 1 aliphatic heterocycles. The van der Waals surface area contributed by atoms with E-state index in [4.69, 9.17) is 9.47 Å². The fraction of sp³-hybridized carbons (Fsp3) is 1.00. The first-order valence-corrected chi connectivity index (χ1v) is 4.19. The van der Waals surface area contributed by atoms with E-state index in [1.54, 1.807) is 0 Å². The van der Waals surface area contributed by atoms with Gasteiger partial charge in [-0.15, -0.1) is 0 Å². The lowest BCUT2D eigenvalue weighted by atomic mass is 9.82. The molecule has 0 aromatic rings. The third kappa shape index (κ3) is 1.42. The van der Waals surface area contributed by atoms with Crippen LogP contribution in [0.5, 0.6) is 0 Å². The Kier molecular flexibility index (Phi) is 2.01. The second-order valence-electron chi connectivity index (χ2n) is 4.20. The molecule has 0 spiro atoms. The molecule has 0 aromatic heterocycles. The SMILES string of the molecule is CC(C)OC1(C)COC1(C)C. The highest BCUT2D eigenvalue weighted by atomic mass is 16.6. The van der Waals surface area contributed by atoms with Crippen LogP contribution in [0.25, 0.3) is 0 Å². The molecule has 1 saturated heterocycles. The van der Waals surface area contributed by atoms with Crippen LogP contribution in [0.1, 0.15) is 34.6 Å². The zero-order chi connectivity index (χ0) is 8.70. The summed E-state index contributed by atoms with van der Waals surface area (Å²) in [5, 5.41) is 0. The summed E-state index contributed by atoms with van der Waals surface area (Å²) in [6.07, 6.45) is 0.281. The molecule has 0 aliphatic carbocycles. The van der Waals surface area contributed by atoms with E-state index >= 15 is 0 Å². The zero-order valence-corrected chi connectivity index (χ0v) is 8.10. The molecule has 0 amide bonds. The molecule has 0 saturated carbocycles. The fourth-order valence-electron chi connectivity index (χ4n) is 1.26. The Balaban J connectivity index is 2.55. The van der Waals surface area contributed by atoms with Gasteiger partial charge in [0.1, 0.15) is 5.60 Å². The van der Waals surface area contributed by atoms with Crippen molar-refractivity contribution in [2.75, 3.05) is 6.61 Å². The van der Waals surface area contributed by atoms with E-state index in [0.29, 0.717) is 0 Å². The van der Waals surface area contributed by atoms with Gasteiger partial charge in [0.05, 0.1) is 18.3 Å². The van der Waals surface area contributed by atoms with Gasteiger partial charge in [-0.2, -0.15) is 0 Å². The summed E-state index contributed by atoms with van der Waals surface area (Å²) in [7, 11) is 0. The lowest BCUT2D eigenvalue weighted by Gasteiger charge is -2.53. The molecule has 2 nitrogen and oxygen atoms in total. The van der Waals surface area contributed by atoms with Crippen LogP contribution in [0.15, 0.2) is 0 Å². The van der Waals surface area contributed by atoms with Gasteiger partial charge in [0.15, 0.2) is 0 Å². The van der Waals surface area contributed by atoms with Crippen LogP contribution in [-0.4, -0.2) is 23.9 Å². The summed E-state index contributed by atoms with van der Waals surface area (Å²) in [5.74, 6) is 0. The summed E-state index contributed by atoms with van der Waals surface area (Å²) >= 11 is 0. The van der Waals surface area contributed by atoms with Crippen molar-refractivity contribution in [1.29, 1.82) is 0 Å². The number of ether oxygens (including phenoxy) is 2. The average molecular weight is 158 g/mol. The lowest BCUT2D eigenvalue weighted by Crippen LogP contribution is -2.65. The van der Waals surface area contributed by atoms with Crippen LogP contribution in [0.3, 0.4) is 0 Å². The fourth-order valence-corrected chi connectivity index (χ4v) is 1.26. The van der Waals surface area contributed by atoms with Crippen LogP contribution in [0, 0.1) is 0 Å². The molecule has 2 heteroatoms. The molecule has 0 bridgehead atoms. The minimum absolute atomic E-state index is 0.0822. The van der Waals surface area contributed by atoms with Gasteiger partial charge in [-0.05, 0) is 34.6 Å². The highest BCUT2D eigenvalue weighted by Gasteiger charge is 2.52. The molecule has 0 N–H and O–H groups in total. The van der Waals surface area contributed by atoms with Crippen LogP contribution < -0.4 is 0 Å². The first-order valence-electron chi connectivity index (χ1n) is 4.19. The minimum Gasteiger partial charge on any atom is -0.369 e. The molecule has 0 aromatic carbocycles. The van der Waals surface area contributed by atoms with Gasteiger partial charge in [0, 0.05) is 0 Å². The molecular formula is C9H18O2. The van der Waals surface area contributed by atoms with Crippen LogP contribution in [-0.2, 0) is 9.47 Å². The Morgan fingerprint density at radius 3 is 1.91 bits per heavy atom. The summed E-state index contributed by atoms with van der Waals surface area (Å²) in [6.45, 7) is 11.1. The average Bonchev–Trinajstić information content (AvgIpc) is 1.84. The first-order chi connectivity index (χ1) is 4.87. The van der Waals surface area contributed by atoms with E-state index in [0.717, 1.165) is 6.61 Å². The quantitative estimate of drug-likeness (QED) is 0.611. The van der Waals surface area contributed by atoms with Gasteiger partial charge in [0.25, 0.3) is 0 Å². The van der Waals surface area contributed by atoms with Gasteiger partial charge in [-0.1, -0.05) is 0 Å². The summed E-state index contributed by atoms with van der Waals surface area (Å²) in [4.78, 5) is 0. The largest absolute Gasteiger partial charge is 0.369 e. The van der Waals surface area contributed by atoms with Crippen molar-refractivity contribution < 1.29 is 9.47 Å². The molecule has 1 rings (SSSR count). The van der Waals surface area contributed by atoms with Gasteiger partial charge in [0.2, 0.25) is 0 Å². The highest BCUT2D eigenvalue weighted by Crippen LogP contribution is 2.39. The summed E-state index contributed by atoms with van der Waals surface area (Å²) in [5.41, 5.74) is -0.196. The van der Waals surface area contributed by atoms with E-state index < -0.39 is 0 Å². The first kappa shape index (κ1) is 9.01.